The number of aromatic nitrogens is 1. The quantitative estimate of drug-likeness (QED) is 0.502. The lowest BCUT2D eigenvalue weighted by molar-refractivity contribution is 0.0653. The predicted octanol–water partition coefficient (Wildman–Crippen LogP) is 3.10. The molecule has 0 spiro atoms. The molecule has 4 rings (SSSR count). The van der Waals surface area contributed by atoms with E-state index in [4.69, 9.17) is 9.47 Å². The minimum atomic E-state index is -0.640. The van der Waals surface area contributed by atoms with Gasteiger partial charge in [-0.25, -0.2) is 0 Å². The summed E-state index contributed by atoms with van der Waals surface area (Å²) >= 11 is 0. The molecular weight excluding hydrogens is 456 g/mol. The van der Waals surface area contributed by atoms with Crippen molar-refractivity contribution < 1.29 is 14.6 Å². The first kappa shape index (κ1) is 25.3. The first-order valence-electron chi connectivity index (χ1n) is 12.1. The summed E-state index contributed by atoms with van der Waals surface area (Å²) in [5.41, 5.74) is 4.39. The molecule has 8 nitrogen and oxygen atoms in total. The Kier molecular flexibility index (Phi) is 7.93. The van der Waals surface area contributed by atoms with Gasteiger partial charge in [-0.05, 0) is 49.2 Å². The number of pyridine rings is 1. The van der Waals surface area contributed by atoms with Crippen molar-refractivity contribution >= 4 is 5.69 Å². The molecule has 1 aliphatic rings. The number of anilines is 1. The lowest BCUT2D eigenvalue weighted by atomic mass is 10.0. The Hall–Kier alpha value is -3.80. The molecule has 2 N–H and O–H groups in total. The lowest BCUT2D eigenvalue weighted by Gasteiger charge is -2.37. The molecule has 0 bridgehead atoms. The van der Waals surface area contributed by atoms with E-state index in [1.165, 1.54) is 11.3 Å². The SMILES string of the molecule is COc1cc(-c2cc(C#N)c(=O)[nH]c2C)ccc1OCC(O)CN1CCN(c2ccccc2C)CC1. The standard InChI is InChI=1S/C28H32N4O4/c1-19-6-4-5-7-25(19)32-12-10-31(11-13-32)17-23(33)18-36-26-9-8-21(15-27(26)35-3)24-14-22(16-29)28(34)30-20(24)2/h4-9,14-15,23,33H,10-13,17-18H2,1-3H3,(H,30,34). The minimum Gasteiger partial charge on any atom is -0.493 e. The summed E-state index contributed by atoms with van der Waals surface area (Å²) in [6.45, 7) is 8.20. The van der Waals surface area contributed by atoms with E-state index < -0.39 is 11.7 Å². The molecule has 1 unspecified atom stereocenters. The van der Waals surface area contributed by atoms with Crippen LogP contribution in [0.5, 0.6) is 11.5 Å². The van der Waals surface area contributed by atoms with E-state index in [-0.39, 0.29) is 12.2 Å². The van der Waals surface area contributed by atoms with Crippen LogP contribution in [0.1, 0.15) is 16.8 Å². The minimum absolute atomic E-state index is 0.0535. The van der Waals surface area contributed by atoms with Gasteiger partial charge in [0.2, 0.25) is 0 Å². The number of rotatable bonds is 8. The van der Waals surface area contributed by atoms with Crippen molar-refractivity contribution in [2.75, 3.05) is 51.3 Å². The van der Waals surface area contributed by atoms with Gasteiger partial charge in [0.05, 0.1) is 7.11 Å². The molecule has 0 amide bonds. The second kappa shape index (κ2) is 11.3. The van der Waals surface area contributed by atoms with Gasteiger partial charge in [0.15, 0.2) is 11.5 Å². The van der Waals surface area contributed by atoms with Crippen molar-refractivity contribution in [2.24, 2.45) is 0 Å². The maximum absolute atomic E-state index is 11.9. The monoisotopic (exact) mass is 488 g/mol. The van der Waals surface area contributed by atoms with E-state index in [1.807, 2.05) is 12.1 Å². The lowest BCUT2D eigenvalue weighted by Crippen LogP contribution is -2.49. The fourth-order valence-electron chi connectivity index (χ4n) is 4.59. The second-order valence-corrected chi connectivity index (χ2v) is 9.07. The third-order valence-corrected chi connectivity index (χ3v) is 6.56. The van der Waals surface area contributed by atoms with E-state index in [9.17, 15) is 15.2 Å². The number of methoxy groups -OCH3 is 1. The van der Waals surface area contributed by atoms with E-state index in [0.717, 1.165) is 37.3 Å². The van der Waals surface area contributed by atoms with Crippen molar-refractivity contribution in [2.45, 2.75) is 20.0 Å². The average Bonchev–Trinajstić information content (AvgIpc) is 2.88. The Bertz CT molecular complexity index is 1310. The summed E-state index contributed by atoms with van der Waals surface area (Å²) in [4.78, 5) is 19.2. The summed E-state index contributed by atoms with van der Waals surface area (Å²) < 4.78 is 11.4. The van der Waals surface area contributed by atoms with Gasteiger partial charge in [0.1, 0.15) is 24.3 Å². The summed E-state index contributed by atoms with van der Waals surface area (Å²) in [6.07, 6.45) is -0.640. The van der Waals surface area contributed by atoms with Crippen LogP contribution in [-0.4, -0.2) is 67.5 Å². The number of aliphatic hydroxyl groups is 1. The smallest absolute Gasteiger partial charge is 0.266 e. The largest absolute Gasteiger partial charge is 0.493 e. The van der Waals surface area contributed by atoms with E-state index >= 15 is 0 Å². The van der Waals surface area contributed by atoms with Gasteiger partial charge in [-0.1, -0.05) is 24.3 Å². The summed E-state index contributed by atoms with van der Waals surface area (Å²) in [5.74, 6) is 1.03. The molecule has 1 atom stereocenters. The number of hydrogen-bond donors (Lipinski definition) is 2. The van der Waals surface area contributed by atoms with Crippen molar-refractivity contribution in [3.05, 3.63) is 75.7 Å². The molecule has 3 aromatic rings. The number of hydrogen-bond acceptors (Lipinski definition) is 7. The first-order chi connectivity index (χ1) is 17.4. The number of ether oxygens (including phenoxy) is 2. The van der Waals surface area contributed by atoms with Crippen molar-refractivity contribution in [1.29, 1.82) is 5.26 Å². The van der Waals surface area contributed by atoms with Crippen LogP contribution < -0.4 is 19.9 Å². The predicted molar refractivity (Wildman–Crippen MR) is 140 cm³/mol. The molecule has 188 valence electrons. The van der Waals surface area contributed by atoms with Crippen molar-refractivity contribution in [3.8, 4) is 28.7 Å². The van der Waals surface area contributed by atoms with Gasteiger partial charge in [0.25, 0.3) is 5.56 Å². The third kappa shape index (κ3) is 5.70. The van der Waals surface area contributed by atoms with Crippen LogP contribution in [0.4, 0.5) is 5.69 Å². The molecular formula is C28H32N4O4. The Morgan fingerprint density at radius 3 is 2.53 bits per heavy atom. The normalized spacial score (nSPS) is 14.8. The number of H-pyrrole nitrogens is 1. The van der Waals surface area contributed by atoms with Crippen LogP contribution in [0.15, 0.2) is 53.3 Å². The topological polar surface area (TPSA) is 102 Å². The van der Waals surface area contributed by atoms with Crippen molar-refractivity contribution in [3.63, 3.8) is 0 Å². The van der Waals surface area contributed by atoms with Gasteiger partial charge < -0.3 is 24.5 Å². The molecule has 0 saturated carbocycles. The van der Waals surface area contributed by atoms with Crippen molar-refractivity contribution in [1.82, 2.24) is 9.88 Å². The average molecular weight is 489 g/mol. The number of para-hydroxylation sites is 1. The second-order valence-electron chi connectivity index (χ2n) is 9.07. The highest BCUT2D eigenvalue weighted by atomic mass is 16.5. The van der Waals surface area contributed by atoms with Crippen LogP contribution in [0.2, 0.25) is 0 Å². The third-order valence-electron chi connectivity index (χ3n) is 6.56. The number of nitrogens with zero attached hydrogens (tertiary/aromatic N) is 3. The highest BCUT2D eigenvalue weighted by molar-refractivity contribution is 5.70. The van der Waals surface area contributed by atoms with Crippen LogP contribution in [-0.2, 0) is 0 Å². The molecule has 2 aromatic carbocycles. The van der Waals surface area contributed by atoms with Gasteiger partial charge in [-0.3, -0.25) is 9.69 Å². The molecule has 0 aliphatic carbocycles. The zero-order valence-corrected chi connectivity index (χ0v) is 21.0. The van der Waals surface area contributed by atoms with E-state index in [2.05, 4.69) is 46.0 Å². The maximum Gasteiger partial charge on any atom is 0.266 e. The summed E-state index contributed by atoms with van der Waals surface area (Å²) in [5, 5.41) is 19.8. The first-order valence-corrected chi connectivity index (χ1v) is 12.1. The molecule has 0 radical (unpaired) electrons. The number of piperazine rings is 1. The highest BCUT2D eigenvalue weighted by Gasteiger charge is 2.21. The molecule has 1 aliphatic heterocycles. The fourth-order valence-corrected chi connectivity index (χ4v) is 4.59. The maximum atomic E-state index is 11.9. The molecule has 36 heavy (non-hydrogen) atoms. The Morgan fingerprint density at radius 2 is 1.83 bits per heavy atom. The number of aliphatic hydroxyl groups excluding tert-OH is 1. The van der Waals surface area contributed by atoms with Crippen LogP contribution in [0.3, 0.4) is 0 Å². The number of nitrogens with one attached hydrogen (secondary N) is 1. The van der Waals surface area contributed by atoms with Gasteiger partial charge >= 0.3 is 0 Å². The molecule has 1 aromatic heterocycles. The number of aryl methyl sites for hydroxylation is 2. The number of benzene rings is 2. The summed E-state index contributed by atoms with van der Waals surface area (Å²) in [6, 6.07) is 17.3. The number of nitriles is 1. The number of β-amino-alcohol motifs (C(OH)–C–C–N with tert-alkyl or cyclic N) is 1. The zero-order chi connectivity index (χ0) is 25.7. The van der Waals surface area contributed by atoms with E-state index in [1.54, 1.807) is 32.2 Å². The van der Waals surface area contributed by atoms with Gasteiger partial charge in [0, 0.05) is 49.7 Å². The summed E-state index contributed by atoms with van der Waals surface area (Å²) in [7, 11) is 1.55. The Labute approximate surface area is 211 Å². The van der Waals surface area contributed by atoms with E-state index in [0.29, 0.717) is 23.7 Å². The Morgan fingerprint density at radius 1 is 1.08 bits per heavy atom. The van der Waals surface area contributed by atoms with Crippen LogP contribution >= 0.6 is 0 Å². The van der Waals surface area contributed by atoms with Crippen LogP contribution in [0.25, 0.3) is 11.1 Å². The molecule has 2 heterocycles. The zero-order valence-electron chi connectivity index (χ0n) is 21.0. The fraction of sp³-hybridized carbons (Fsp3) is 0.357. The van der Waals surface area contributed by atoms with Crippen LogP contribution in [0, 0.1) is 25.2 Å². The molecule has 1 saturated heterocycles. The number of aromatic amines is 1. The molecule has 8 heteroatoms. The molecule has 1 fully saturated rings. The van der Waals surface area contributed by atoms with Gasteiger partial charge in [-0.15, -0.1) is 0 Å². The highest BCUT2D eigenvalue weighted by Crippen LogP contribution is 2.33. The van der Waals surface area contributed by atoms with Gasteiger partial charge in [-0.2, -0.15) is 5.26 Å². The Balaban J connectivity index is 1.34.